The lowest BCUT2D eigenvalue weighted by molar-refractivity contribution is -0.168. The second kappa shape index (κ2) is 20.6. The van der Waals surface area contributed by atoms with E-state index in [2.05, 4.69) is 32.7 Å². The first-order valence-corrected chi connectivity index (χ1v) is 21.7. The van der Waals surface area contributed by atoms with E-state index >= 15 is 0 Å². The fourth-order valence-electron chi connectivity index (χ4n) is 6.39. The number of benzene rings is 3. The molecule has 5 N–H and O–H groups in total. The highest BCUT2D eigenvalue weighted by Gasteiger charge is 2.39. The van der Waals surface area contributed by atoms with Crippen LogP contribution in [0.1, 0.15) is 44.1 Å². The zero-order valence-electron chi connectivity index (χ0n) is 30.8. The van der Waals surface area contributed by atoms with Crippen molar-refractivity contribution < 1.29 is 57.3 Å². The maximum atomic E-state index is 13.9. The minimum Gasteiger partial charge on any atom is -0.479 e. The quantitative estimate of drug-likeness (QED) is 0.0627. The van der Waals surface area contributed by atoms with Crippen LogP contribution in [0.2, 0.25) is 10.0 Å². The van der Waals surface area contributed by atoms with E-state index in [4.69, 9.17) is 52.9 Å². The number of hydrogen-bond acceptors (Lipinski definition) is 13. The Balaban J connectivity index is 0.000000272. The van der Waals surface area contributed by atoms with Crippen molar-refractivity contribution >= 4 is 79.9 Å². The smallest absolute Gasteiger partial charge is 0.335 e. The summed E-state index contributed by atoms with van der Waals surface area (Å²) in [6.45, 7) is 2.49. The summed E-state index contributed by atoms with van der Waals surface area (Å²) in [5.74, 6) is -4.79. The number of thiophene rings is 2. The Hall–Kier alpha value is -4.53. The maximum absolute atomic E-state index is 13.9. The highest BCUT2D eigenvalue weighted by atomic mass is 35.5. The van der Waals surface area contributed by atoms with E-state index in [-0.39, 0.29) is 4.90 Å². The number of ether oxygens (including phenoxy) is 1. The van der Waals surface area contributed by atoms with E-state index in [1.54, 1.807) is 53.0 Å². The number of carbonyl (C=O) groups excluding carboxylic acids is 2. The van der Waals surface area contributed by atoms with Crippen LogP contribution in [0.25, 0.3) is 0 Å². The summed E-state index contributed by atoms with van der Waals surface area (Å²) in [5.41, 5.74) is 3.64. The Bertz CT molecular complexity index is 2240. The number of carbonyl (C=O) groups is 4. The third-order valence-electron chi connectivity index (χ3n) is 9.30. The lowest BCUT2D eigenvalue weighted by Crippen LogP contribution is -2.42. The molecule has 0 aliphatic carbocycles. The Kier molecular flexibility index (Phi) is 15.9. The monoisotopic (exact) mass is 904 g/mol. The van der Waals surface area contributed by atoms with Crippen molar-refractivity contribution in [2.24, 2.45) is 0 Å². The Morgan fingerprint density at radius 1 is 0.627 bits per heavy atom. The van der Waals surface area contributed by atoms with E-state index in [0.717, 1.165) is 12.8 Å². The predicted octanol–water partition coefficient (Wildman–Crippen LogP) is 5.90. The average molecular weight is 906 g/mol. The maximum Gasteiger partial charge on any atom is 0.335 e. The van der Waals surface area contributed by atoms with Gasteiger partial charge in [0.1, 0.15) is 12.1 Å². The first-order chi connectivity index (χ1) is 28.1. The minimum absolute atomic E-state index is 0.0741. The summed E-state index contributed by atoms with van der Waals surface area (Å²) in [5, 5.41) is 37.6. The molecule has 2 aliphatic rings. The van der Waals surface area contributed by atoms with E-state index in [0.29, 0.717) is 47.4 Å². The molecule has 19 heteroatoms. The Morgan fingerprint density at radius 2 is 1.02 bits per heavy atom. The molecule has 59 heavy (non-hydrogen) atoms. The van der Waals surface area contributed by atoms with Crippen molar-refractivity contribution in [1.29, 1.82) is 0 Å². The molecule has 4 atom stereocenters. The van der Waals surface area contributed by atoms with Gasteiger partial charge in [0.05, 0.1) is 4.90 Å². The molecular weight excluding hydrogens is 868 g/mol. The molecule has 5 aromatic rings. The zero-order chi connectivity index (χ0) is 42.9. The van der Waals surface area contributed by atoms with Crippen LogP contribution >= 0.6 is 45.9 Å². The van der Waals surface area contributed by atoms with Gasteiger partial charge >= 0.3 is 23.9 Å². The summed E-state index contributed by atoms with van der Waals surface area (Å²) in [6, 6.07) is 24.5. The third-order valence-corrected chi connectivity index (χ3v) is 12.9. The number of esters is 2. The minimum atomic E-state index is -4.00. The van der Waals surface area contributed by atoms with Gasteiger partial charge in [-0.2, -0.15) is 8.42 Å². The van der Waals surface area contributed by atoms with E-state index in [1.165, 1.54) is 33.0 Å². The van der Waals surface area contributed by atoms with Crippen LogP contribution in [0.5, 0.6) is 0 Å². The highest BCUT2D eigenvalue weighted by Crippen LogP contribution is 2.37. The van der Waals surface area contributed by atoms with Crippen LogP contribution in [0.15, 0.2) is 107 Å². The molecular formula is C40H38Cl2N2O12S3. The number of aliphatic hydroxyl groups is 2. The van der Waals surface area contributed by atoms with Crippen molar-refractivity contribution in [1.82, 2.24) is 9.80 Å². The second-order valence-electron chi connectivity index (χ2n) is 13.1. The van der Waals surface area contributed by atoms with Crippen LogP contribution in [0, 0.1) is 0 Å². The molecule has 4 heterocycles. The summed E-state index contributed by atoms with van der Waals surface area (Å²) in [7, 11) is -4.00. The number of fused-ring (bicyclic) bond motifs is 2. The molecule has 0 amide bonds. The van der Waals surface area contributed by atoms with Gasteiger partial charge in [0.2, 0.25) is 0 Å². The van der Waals surface area contributed by atoms with Crippen molar-refractivity contribution in [3.05, 3.63) is 144 Å². The van der Waals surface area contributed by atoms with Gasteiger partial charge in [-0.05, 0) is 82.3 Å². The first-order valence-electron chi connectivity index (χ1n) is 17.7. The van der Waals surface area contributed by atoms with Crippen molar-refractivity contribution in [3.63, 3.8) is 0 Å². The van der Waals surface area contributed by atoms with Crippen LogP contribution in [0.3, 0.4) is 0 Å². The predicted molar refractivity (Wildman–Crippen MR) is 220 cm³/mol. The summed E-state index contributed by atoms with van der Waals surface area (Å²) < 4.78 is 35.0. The van der Waals surface area contributed by atoms with E-state index in [1.807, 2.05) is 36.4 Å². The Morgan fingerprint density at radius 3 is 1.37 bits per heavy atom. The molecule has 0 saturated carbocycles. The molecule has 0 saturated heterocycles. The lowest BCUT2D eigenvalue weighted by atomic mass is 10.00. The summed E-state index contributed by atoms with van der Waals surface area (Å²) >= 11 is 16.7. The second-order valence-corrected chi connectivity index (χ2v) is 17.4. The number of carboxylic acid groups (broad SMARTS) is 2. The SMILES string of the molecule is O=C(O)C(O)C(O)C(=O)O.O=C(OC(=O)[C@H](c1ccccc1Cl)N1CCc2sccc2C1)[C@H](c1ccccc1Cl)N1CCc2sccc2C1.O=S(=O)(O)c1ccccc1. The average Bonchev–Trinajstić information content (AvgIpc) is 3.89. The molecule has 0 spiro atoms. The fourth-order valence-corrected chi connectivity index (χ4v) is 9.15. The fraction of sp³-hybridized carbons (Fsp3) is 0.250. The van der Waals surface area contributed by atoms with E-state index in [9.17, 15) is 27.6 Å². The zero-order valence-corrected chi connectivity index (χ0v) is 34.8. The van der Waals surface area contributed by atoms with Gasteiger partial charge in [-0.3, -0.25) is 14.4 Å². The molecule has 0 radical (unpaired) electrons. The molecule has 0 fully saturated rings. The third kappa shape index (κ3) is 11.8. The van der Waals surface area contributed by atoms with Crippen LogP contribution in [0.4, 0.5) is 0 Å². The number of aliphatic hydroxyl groups excluding tert-OH is 2. The molecule has 2 aliphatic heterocycles. The molecule has 7 rings (SSSR count). The number of halogens is 2. The number of rotatable bonds is 10. The molecule has 2 aromatic heterocycles. The number of hydrogen-bond donors (Lipinski definition) is 5. The van der Waals surface area contributed by atoms with Gasteiger partial charge in [-0.15, -0.1) is 22.7 Å². The van der Waals surface area contributed by atoms with Gasteiger partial charge < -0.3 is 25.2 Å². The summed E-state index contributed by atoms with van der Waals surface area (Å²) in [6.07, 6.45) is -2.88. The first kappa shape index (κ1) is 45.6. The van der Waals surface area contributed by atoms with Gasteiger partial charge in [-0.25, -0.2) is 19.2 Å². The number of nitrogens with zero attached hydrogens (tertiary/aromatic N) is 2. The van der Waals surface area contributed by atoms with Crippen molar-refractivity contribution in [2.75, 3.05) is 13.1 Å². The topological polar surface area (TPSA) is 219 Å². The molecule has 14 nitrogen and oxygen atoms in total. The van der Waals surface area contributed by atoms with Gasteiger partial charge in [-0.1, -0.05) is 77.8 Å². The van der Waals surface area contributed by atoms with Gasteiger partial charge in [0.15, 0.2) is 12.2 Å². The number of carboxylic acids is 2. The number of aliphatic carboxylic acids is 2. The molecule has 2 unspecified atom stereocenters. The molecule has 312 valence electrons. The largest absolute Gasteiger partial charge is 0.479 e. The van der Waals surface area contributed by atoms with Crippen molar-refractivity contribution in [2.45, 2.75) is 55.1 Å². The molecule has 0 bridgehead atoms. The van der Waals surface area contributed by atoms with Gasteiger partial charge in [0, 0.05) is 46.0 Å². The highest BCUT2D eigenvalue weighted by molar-refractivity contribution is 7.85. The summed E-state index contributed by atoms with van der Waals surface area (Å²) in [4.78, 5) is 54.1. The van der Waals surface area contributed by atoms with Gasteiger partial charge in [0.25, 0.3) is 10.1 Å². The normalized spacial score (nSPS) is 15.9. The van der Waals surface area contributed by atoms with E-state index < -0.39 is 58.3 Å². The van der Waals surface area contributed by atoms with Crippen LogP contribution in [-0.4, -0.2) is 92.4 Å². The Labute approximate surface area is 357 Å². The van der Waals surface area contributed by atoms with Crippen molar-refractivity contribution in [3.8, 4) is 0 Å². The standard InChI is InChI=1S/C30H26Cl2N2O3S2.C6H6O3S.C4H6O6/c31-23-7-3-1-5-21(23)27(33-13-9-25-19(17-33)11-15-38-25)29(35)37-30(36)28(22-6-2-4-8-24(22)32)34-14-10-26-20(18-34)12-16-39-26;7-10(8,9)6-4-2-1-3-5-6;5-1(3(7)8)2(6)4(9)10/h1-8,11-12,15-16,27-28H,9-10,13-14,17-18H2;1-5H,(H,7,8,9);1-2,5-6H,(H,7,8)(H,9,10)/t27-,28-;;/m0../s1. The molecule has 3 aromatic carbocycles. The van der Waals surface area contributed by atoms with Crippen LogP contribution < -0.4 is 0 Å². The van der Waals surface area contributed by atoms with Crippen LogP contribution in [-0.2, 0) is 60.0 Å². The lowest BCUT2D eigenvalue weighted by Gasteiger charge is -2.35.